The van der Waals surface area contributed by atoms with Gasteiger partial charge in [0.25, 0.3) is 0 Å². The molecule has 0 heterocycles. The molecular formula is C9H11FO2. The minimum absolute atomic E-state index is 0.356. The first kappa shape index (κ1) is 9.16. The van der Waals surface area contributed by atoms with Gasteiger partial charge in [-0.2, -0.15) is 4.39 Å². The van der Waals surface area contributed by atoms with Crippen LogP contribution in [0.3, 0.4) is 0 Å². The molecule has 1 aromatic rings. The van der Waals surface area contributed by atoms with Gasteiger partial charge < -0.3 is 9.47 Å². The summed E-state index contributed by atoms with van der Waals surface area (Å²) >= 11 is 0. The van der Waals surface area contributed by atoms with E-state index in [9.17, 15) is 4.39 Å². The zero-order valence-electron chi connectivity index (χ0n) is 7.08. The van der Waals surface area contributed by atoms with Crippen molar-refractivity contribution in [2.24, 2.45) is 0 Å². The van der Waals surface area contributed by atoms with E-state index in [0.717, 1.165) is 0 Å². The van der Waals surface area contributed by atoms with Crippen molar-refractivity contribution in [1.82, 2.24) is 0 Å². The third kappa shape index (κ3) is 1.62. The number of hydrogen-bond donors (Lipinski definition) is 0. The fourth-order valence-corrected chi connectivity index (χ4v) is 0.956. The van der Waals surface area contributed by atoms with Crippen LogP contribution in [0.2, 0.25) is 0 Å². The zero-order valence-corrected chi connectivity index (χ0v) is 7.08. The van der Waals surface area contributed by atoms with Gasteiger partial charge in [-0.05, 0) is 0 Å². The molecule has 0 unspecified atom stereocenters. The van der Waals surface area contributed by atoms with E-state index < -0.39 is 6.04 Å². The number of alkyl halides is 1. The molecule has 0 saturated heterocycles. The summed E-state index contributed by atoms with van der Waals surface area (Å²) in [5.74, 6) is 0. The summed E-state index contributed by atoms with van der Waals surface area (Å²) in [7, 11) is 2.52. The van der Waals surface area contributed by atoms with E-state index in [1.54, 1.807) is 30.3 Å². The molecule has 0 fully saturated rings. The molecule has 0 aliphatic carbocycles. The summed E-state index contributed by atoms with van der Waals surface area (Å²) in [5, 5.41) is 0. The van der Waals surface area contributed by atoms with Gasteiger partial charge in [-0.15, -0.1) is 0 Å². The molecule has 1 rings (SSSR count). The lowest BCUT2D eigenvalue weighted by molar-refractivity contribution is -0.304. The van der Waals surface area contributed by atoms with E-state index in [1.165, 1.54) is 14.2 Å². The first-order valence-electron chi connectivity index (χ1n) is 3.57. The minimum Gasteiger partial charge on any atom is -0.323 e. The van der Waals surface area contributed by atoms with Crippen molar-refractivity contribution in [3.8, 4) is 0 Å². The van der Waals surface area contributed by atoms with Crippen LogP contribution in [0, 0.1) is 0 Å². The van der Waals surface area contributed by atoms with Crippen molar-refractivity contribution in [2.75, 3.05) is 14.2 Å². The van der Waals surface area contributed by atoms with E-state index in [2.05, 4.69) is 9.47 Å². The number of halogens is 1. The molecule has 0 N–H and O–H groups in total. The summed E-state index contributed by atoms with van der Waals surface area (Å²) in [6, 6.07) is 6.33. The lowest BCUT2D eigenvalue weighted by atomic mass is 10.2. The number of ether oxygens (including phenoxy) is 2. The van der Waals surface area contributed by atoms with E-state index in [-0.39, 0.29) is 0 Å². The van der Waals surface area contributed by atoms with Crippen molar-refractivity contribution in [2.45, 2.75) is 6.04 Å². The van der Waals surface area contributed by atoms with E-state index >= 15 is 0 Å². The molecule has 0 bridgehead atoms. The van der Waals surface area contributed by atoms with Gasteiger partial charge in [0.2, 0.25) is 0 Å². The third-order valence-corrected chi connectivity index (χ3v) is 1.64. The number of hydrogen-bond acceptors (Lipinski definition) is 2. The topological polar surface area (TPSA) is 18.5 Å². The quantitative estimate of drug-likeness (QED) is 0.646. The average molecular weight is 170 g/mol. The number of methoxy groups -OCH3 is 2. The van der Waals surface area contributed by atoms with Gasteiger partial charge in [-0.3, -0.25) is 0 Å². The van der Waals surface area contributed by atoms with Gasteiger partial charge in [-0.1, -0.05) is 30.3 Å². The first-order valence-corrected chi connectivity index (χ1v) is 3.57. The van der Waals surface area contributed by atoms with Crippen molar-refractivity contribution in [1.29, 1.82) is 0 Å². The van der Waals surface area contributed by atoms with Gasteiger partial charge in [0.15, 0.2) is 0 Å². The van der Waals surface area contributed by atoms with E-state index in [0.29, 0.717) is 5.56 Å². The number of benzene rings is 1. The molecule has 0 aliphatic heterocycles. The molecular weight excluding hydrogens is 159 g/mol. The maximum atomic E-state index is 13.5. The van der Waals surface area contributed by atoms with Gasteiger partial charge in [0, 0.05) is 19.8 Å². The molecule has 2 nitrogen and oxygen atoms in total. The highest BCUT2D eigenvalue weighted by molar-refractivity contribution is 5.17. The summed E-state index contributed by atoms with van der Waals surface area (Å²) in [5.41, 5.74) is 0.356. The largest absolute Gasteiger partial charge is 0.348 e. The first-order chi connectivity index (χ1) is 5.73. The molecule has 0 atom stereocenters. The minimum atomic E-state index is -2.12. The van der Waals surface area contributed by atoms with Crippen LogP contribution in [0.1, 0.15) is 5.56 Å². The number of rotatable bonds is 3. The molecule has 0 aliphatic rings. The second kappa shape index (κ2) is 3.65. The van der Waals surface area contributed by atoms with Crippen LogP contribution in [-0.2, 0) is 15.5 Å². The molecule has 66 valence electrons. The van der Waals surface area contributed by atoms with Crippen molar-refractivity contribution < 1.29 is 13.9 Å². The van der Waals surface area contributed by atoms with Crippen molar-refractivity contribution >= 4 is 0 Å². The Kier molecular flexibility index (Phi) is 2.78. The van der Waals surface area contributed by atoms with Gasteiger partial charge in [0.1, 0.15) is 0 Å². The van der Waals surface area contributed by atoms with Crippen LogP contribution in [-0.4, -0.2) is 14.2 Å². The van der Waals surface area contributed by atoms with Crippen LogP contribution in [0.25, 0.3) is 0 Å². The van der Waals surface area contributed by atoms with E-state index in [1.807, 2.05) is 0 Å². The molecule has 0 saturated carbocycles. The monoisotopic (exact) mass is 170 g/mol. The van der Waals surface area contributed by atoms with Gasteiger partial charge in [-0.25, -0.2) is 0 Å². The molecule has 0 radical (unpaired) electrons. The lowest BCUT2D eigenvalue weighted by Gasteiger charge is -2.21. The SMILES string of the molecule is COC(F)(OC)c1ccccc1. The van der Waals surface area contributed by atoms with Crippen LogP contribution in [0.4, 0.5) is 4.39 Å². The Morgan fingerprint density at radius 3 is 2.00 bits per heavy atom. The third-order valence-electron chi connectivity index (χ3n) is 1.64. The summed E-state index contributed by atoms with van der Waals surface area (Å²) in [6.45, 7) is 0. The smallest absolute Gasteiger partial charge is 0.323 e. The second-order valence-corrected chi connectivity index (χ2v) is 2.31. The molecule has 1 aromatic carbocycles. The fourth-order valence-electron chi connectivity index (χ4n) is 0.956. The van der Waals surface area contributed by atoms with Crippen molar-refractivity contribution in [3.05, 3.63) is 35.9 Å². The molecule has 12 heavy (non-hydrogen) atoms. The Morgan fingerprint density at radius 2 is 1.58 bits per heavy atom. The van der Waals surface area contributed by atoms with Gasteiger partial charge >= 0.3 is 6.04 Å². The average Bonchev–Trinajstić information content (AvgIpc) is 2.18. The standard InChI is InChI=1S/C9H11FO2/c1-11-9(10,12-2)8-6-4-3-5-7-8/h3-7H,1-2H3. The Balaban J connectivity index is 2.95. The summed E-state index contributed by atoms with van der Waals surface area (Å²) in [6.07, 6.45) is 0. The van der Waals surface area contributed by atoms with Crippen LogP contribution in [0.5, 0.6) is 0 Å². The normalized spacial score (nSPS) is 11.6. The second-order valence-electron chi connectivity index (χ2n) is 2.31. The predicted molar refractivity (Wildman–Crippen MR) is 43.2 cm³/mol. The zero-order chi connectivity index (χ0) is 9.03. The maximum Gasteiger partial charge on any atom is 0.348 e. The predicted octanol–water partition coefficient (Wildman–Crippen LogP) is 2.06. The van der Waals surface area contributed by atoms with Gasteiger partial charge in [0.05, 0.1) is 0 Å². The molecule has 0 amide bonds. The highest BCUT2D eigenvalue weighted by Crippen LogP contribution is 2.26. The molecule has 0 aromatic heterocycles. The Bertz CT molecular complexity index is 232. The lowest BCUT2D eigenvalue weighted by Crippen LogP contribution is -2.24. The van der Waals surface area contributed by atoms with Crippen LogP contribution in [0.15, 0.2) is 30.3 Å². The van der Waals surface area contributed by atoms with Crippen LogP contribution < -0.4 is 0 Å². The molecule has 3 heteroatoms. The summed E-state index contributed by atoms with van der Waals surface area (Å²) in [4.78, 5) is 0. The molecule has 0 spiro atoms. The fraction of sp³-hybridized carbons (Fsp3) is 0.333. The maximum absolute atomic E-state index is 13.5. The van der Waals surface area contributed by atoms with Crippen molar-refractivity contribution in [3.63, 3.8) is 0 Å². The Labute approximate surface area is 70.9 Å². The Hall–Kier alpha value is -0.930. The highest BCUT2D eigenvalue weighted by atomic mass is 19.2. The van der Waals surface area contributed by atoms with Crippen LogP contribution >= 0.6 is 0 Å². The van der Waals surface area contributed by atoms with E-state index in [4.69, 9.17) is 0 Å². The highest BCUT2D eigenvalue weighted by Gasteiger charge is 2.31. The Morgan fingerprint density at radius 1 is 1.08 bits per heavy atom. The summed E-state index contributed by atoms with van der Waals surface area (Å²) < 4.78 is 22.7.